The molecule has 2 aromatic carbocycles. The van der Waals surface area contributed by atoms with Crippen molar-refractivity contribution in [2.45, 2.75) is 31.7 Å². The van der Waals surface area contributed by atoms with Gasteiger partial charge in [-0.3, -0.25) is 4.79 Å². The molecule has 2 aromatic rings. The van der Waals surface area contributed by atoms with Crippen molar-refractivity contribution >= 4 is 17.7 Å². The first kappa shape index (κ1) is 17.4. The van der Waals surface area contributed by atoms with E-state index < -0.39 is 0 Å². The second-order valence-electron chi connectivity index (χ2n) is 5.38. The van der Waals surface area contributed by atoms with E-state index >= 15 is 0 Å². The molecule has 0 fully saturated rings. The van der Waals surface area contributed by atoms with Crippen LogP contribution in [0.5, 0.6) is 5.75 Å². The summed E-state index contributed by atoms with van der Waals surface area (Å²) >= 11 is 1.71. The Hall–Kier alpha value is -1.94. The summed E-state index contributed by atoms with van der Waals surface area (Å²) in [4.78, 5) is 13.6. The molecule has 0 aliphatic heterocycles. The number of nitrogens with one attached hydrogen (secondary N) is 1. The fraction of sp³-hybridized carbons (Fsp3) is 0.316. The van der Waals surface area contributed by atoms with Crippen molar-refractivity contribution in [1.29, 1.82) is 0 Å². The Bertz CT molecular complexity index is 668. The van der Waals surface area contributed by atoms with Gasteiger partial charge >= 0.3 is 0 Å². The Balaban J connectivity index is 2.06. The molecule has 1 N–H and O–H groups in total. The van der Waals surface area contributed by atoms with Crippen molar-refractivity contribution in [1.82, 2.24) is 5.32 Å². The molecule has 0 saturated carbocycles. The summed E-state index contributed by atoms with van der Waals surface area (Å²) in [5.74, 6) is 0.752. The van der Waals surface area contributed by atoms with E-state index in [9.17, 15) is 4.79 Å². The van der Waals surface area contributed by atoms with Crippen LogP contribution in [0.25, 0.3) is 0 Å². The first-order valence-corrected chi connectivity index (χ1v) is 8.96. The van der Waals surface area contributed by atoms with E-state index in [1.807, 2.05) is 32.9 Å². The van der Waals surface area contributed by atoms with Crippen LogP contribution in [0, 0.1) is 6.92 Å². The minimum absolute atomic E-state index is 0.0368. The van der Waals surface area contributed by atoms with Crippen molar-refractivity contribution in [2.24, 2.45) is 0 Å². The number of thioether (sulfide) groups is 1. The molecule has 0 spiro atoms. The minimum Gasteiger partial charge on any atom is -0.494 e. The van der Waals surface area contributed by atoms with E-state index in [0.717, 1.165) is 16.9 Å². The maximum Gasteiger partial charge on any atom is 0.251 e. The summed E-state index contributed by atoms with van der Waals surface area (Å²) in [6.07, 6.45) is 2.05. The third-order valence-electron chi connectivity index (χ3n) is 3.70. The molecule has 0 heterocycles. The first-order valence-electron chi connectivity index (χ1n) is 7.73. The molecule has 3 nitrogen and oxygen atoms in total. The summed E-state index contributed by atoms with van der Waals surface area (Å²) in [7, 11) is 0. The highest BCUT2D eigenvalue weighted by atomic mass is 32.2. The lowest BCUT2D eigenvalue weighted by molar-refractivity contribution is 0.0939. The third kappa shape index (κ3) is 4.52. The molecule has 0 saturated heterocycles. The fourth-order valence-electron chi connectivity index (χ4n) is 2.36. The molecule has 2 rings (SSSR count). The summed E-state index contributed by atoms with van der Waals surface area (Å²) < 4.78 is 5.51. The van der Waals surface area contributed by atoms with Gasteiger partial charge in [0.2, 0.25) is 0 Å². The van der Waals surface area contributed by atoms with E-state index in [1.165, 1.54) is 4.90 Å². The lowest BCUT2D eigenvalue weighted by Crippen LogP contribution is -2.26. The van der Waals surface area contributed by atoms with E-state index in [4.69, 9.17) is 4.74 Å². The Kier molecular flexibility index (Phi) is 6.11. The molecule has 1 atom stereocenters. The van der Waals surface area contributed by atoms with Gasteiger partial charge in [0.25, 0.3) is 5.91 Å². The van der Waals surface area contributed by atoms with Gasteiger partial charge in [-0.15, -0.1) is 11.8 Å². The van der Waals surface area contributed by atoms with Crippen LogP contribution < -0.4 is 10.1 Å². The van der Waals surface area contributed by atoms with Crippen LogP contribution in [0.1, 0.15) is 41.4 Å². The molecule has 0 aromatic heterocycles. The van der Waals surface area contributed by atoms with Crippen LogP contribution in [0.3, 0.4) is 0 Å². The second-order valence-corrected chi connectivity index (χ2v) is 6.26. The van der Waals surface area contributed by atoms with Crippen LogP contribution in [-0.2, 0) is 0 Å². The number of hydrogen-bond acceptors (Lipinski definition) is 3. The zero-order chi connectivity index (χ0) is 16.8. The van der Waals surface area contributed by atoms with Crippen molar-refractivity contribution in [3.63, 3.8) is 0 Å². The molecular weight excluding hydrogens is 306 g/mol. The predicted octanol–water partition coefficient (Wildman–Crippen LogP) is 4.61. The SMILES string of the molecule is CCOc1ccc(C(=O)NC(C)c2ccc(SC)cc2)cc1C. The normalized spacial score (nSPS) is 11.8. The number of benzene rings is 2. The van der Waals surface area contributed by atoms with E-state index in [0.29, 0.717) is 12.2 Å². The molecule has 0 bridgehead atoms. The minimum atomic E-state index is -0.0717. The number of hydrogen-bond donors (Lipinski definition) is 1. The summed E-state index contributed by atoms with van der Waals surface area (Å²) in [6, 6.07) is 13.7. The number of carbonyl (C=O) groups excluding carboxylic acids is 1. The van der Waals surface area contributed by atoms with Crippen molar-refractivity contribution in [3.8, 4) is 5.75 Å². The Morgan fingerprint density at radius 1 is 1.22 bits per heavy atom. The number of aryl methyl sites for hydroxylation is 1. The fourth-order valence-corrected chi connectivity index (χ4v) is 2.77. The average Bonchev–Trinajstić information content (AvgIpc) is 2.56. The maximum absolute atomic E-state index is 12.4. The molecule has 122 valence electrons. The Labute approximate surface area is 142 Å². The van der Waals surface area contributed by atoms with E-state index in [2.05, 4.69) is 35.8 Å². The first-order chi connectivity index (χ1) is 11.0. The number of amides is 1. The van der Waals surface area contributed by atoms with Crippen LogP contribution in [-0.4, -0.2) is 18.8 Å². The van der Waals surface area contributed by atoms with Gasteiger partial charge in [-0.05, 0) is 68.5 Å². The van der Waals surface area contributed by atoms with Crippen molar-refractivity contribution < 1.29 is 9.53 Å². The number of rotatable bonds is 6. The van der Waals surface area contributed by atoms with Crippen molar-refractivity contribution in [3.05, 3.63) is 59.2 Å². The zero-order valence-electron chi connectivity index (χ0n) is 14.1. The molecule has 1 unspecified atom stereocenters. The van der Waals surface area contributed by atoms with Gasteiger partial charge in [0.1, 0.15) is 5.75 Å². The highest BCUT2D eigenvalue weighted by Crippen LogP contribution is 2.21. The lowest BCUT2D eigenvalue weighted by Gasteiger charge is -2.15. The quantitative estimate of drug-likeness (QED) is 0.787. The predicted molar refractivity (Wildman–Crippen MR) is 96.5 cm³/mol. The van der Waals surface area contributed by atoms with Gasteiger partial charge in [0.15, 0.2) is 0 Å². The summed E-state index contributed by atoms with van der Waals surface area (Å²) in [5, 5.41) is 3.04. The maximum atomic E-state index is 12.4. The monoisotopic (exact) mass is 329 g/mol. The average molecular weight is 329 g/mol. The smallest absolute Gasteiger partial charge is 0.251 e. The van der Waals surface area contributed by atoms with Crippen LogP contribution in [0.2, 0.25) is 0 Å². The van der Waals surface area contributed by atoms with Gasteiger partial charge in [0.05, 0.1) is 12.6 Å². The Morgan fingerprint density at radius 2 is 1.91 bits per heavy atom. The topological polar surface area (TPSA) is 38.3 Å². The van der Waals surface area contributed by atoms with Crippen LogP contribution in [0.15, 0.2) is 47.4 Å². The van der Waals surface area contributed by atoms with Crippen molar-refractivity contribution in [2.75, 3.05) is 12.9 Å². The van der Waals surface area contributed by atoms with E-state index in [1.54, 1.807) is 17.8 Å². The van der Waals surface area contributed by atoms with E-state index in [-0.39, 0.29) is 11.9 Å². The molecule has 0 aliphatic rings. The van der Waals surface area contributed by atoms with Gasteiger partial charge in [0, 0.05) is 10.5 Å². The third-order valence-corrected chi connectivity index (χ3v) is 4.44. The van der Waals surface area contributed by atoms with Gasteiger partial charge in [-0.1, -0.05) is 12.1 Å². The van der Waals surface area contributed by atoms with Gasteiger partial charge in [-0.2, -0.15) is 0 Å². The number of carbonyl (C=O) groups is 1. The molecule has 0 radical (unpaired) electrons. The molecule has 23 heavy (non-hydrogen) atoms. The standard InChI is InChI=1S/C19H23NO2S/c1-5-22-18-11-8-16(12-13(18)2)19(21)20-14(3)15-6-9-17(23-4)10-7-15/h6-12,14H,5H2,1-4H3,(H,20,21). The highest BCUT2D eigenvalue weighted by molar-refractivity contribution is 7.98. The molecule has 0 aliphatic carbocycles. The summed E-state index contributed by atoms with van der Waals surface area (Å²) in [6.45, 7) is 6.51. The Morgan fingerprint density at radius 3 is 2.48 bits per heavy atom. The summed E-state index contributed by atoms with van der Waals surface area (Å²) in [5.41, 5.74) is 2.72. The largest absolute Gasteiger partial charge is 0.494 e. The van der Waals surface area contributed by atoms with Gasteiger partial charge < -0.3 is 10.1 Å². The molecule has 4 heteroatoms. The number of ether oxygens (including phenoxy) is 1. The van der Waals surface area contributed by atoms with Gasteiger partial charge in [-0.25, -0.2) is 0 Å². The zero-order valence-corrected chi connectivity index (χ0v) is 14.9. The van der Waals surface area contributed by atoms with Crippen LogP contribution in [0.4, 0.5) is 0 Å². The second kappa shape index (κ2) is 8.06. The molecular formula is C19H23NO2S. The van der Waals surface area contributed by atoms with Crippen LogP contribution >= 0.6 is 11.8 Å². The highest BCUT2D eigenvalue weighted by Gasteiger charge is 2.12. The molecule has 1 amide bonds. The lowest BCUT2D eigenvalue weighted by atomic mass is 10.1.